The quantitative estimate of drug-likeness (QED) is 0.819. The highest BCUT2D eigenvalue weighted by Crippen LogP contribution is 2.27. The van der Waals surface area contributed by atoms with Gasteiger partial charge in [0.1, 0.15) is 11.5 Å². The summed E-state index contributed by atoms with van der Waals surface area (Å²) in [6, 6.07) is 21.1. The maximum atomic E-state index is 11.0. The highest BCUT2D eigenvalue weighted by molar-refractivity contribution is 5.79. The fraction of sp³-hybridized carbons (Fsp3) is 0.500. The molecule has 3 saturated heterocycles. The van der Waals surface area contributed by atoms with Crippen LogP contribution in [0.15, 0.2) is 60.7 Å². The molecule has 31 heavy (non-hydrogen) atoms. The first kappa shape index (κ1) is 22.2. The van der Waals surface area contributed by atoms with E-state index in [1.54, 1.807) is 0 Å². The van der Waals surface area contributed by atoms with Gasteiger partial charge in [-0.25, -0.2) is 0 Å². The van der Waals surface area contributed by atoms with Crippen LogP contribution in [0.4, 0.5) is 0 Å². The van der Waals surface area contributed by atoms with Gasteiger partial charge in [-0.3, -0.25) is 19.9 Å². The van der Waals surface area contributed by atoms with Gasteiger partial charge in [0, 0.05) is 71.5 Å². The van der Waals surface area contributed by atoms with Crippen molar-refractivity contribution < 1.29 is 9.53 Å². The van der Waals surface area contributed by atoms with Crippen molar-refractivity contribution in [2.45, 2.75) is 44.5 Å². The lowest BCUT2D eigenvalue weighted by atomic mass is 10.0. The Morgan fingerprint density at radius 1 is 0.774 bits per heavy atom. The van der Waals surface area contributed by atoms with Crippen LogP contribution in [-0.2, 0) is 22.6 Å². The fourth-order valence-corrected chi connectivity index (χ4v) is 4.61. The molecule has 0 bridgehead atoms. The van der Waals surface area contributed by atoms with Gasteiger partial charge in [-0.05, 0) is 11.1 Å². The molecule has 0 unspecified atom stereocenters. The van der Waals surface area contributed by atoms with Gasteiger partial charge in [-0.15, -0.1) is 0 Å². The number of benzene rings is 2. The lowest BCUT2D eigenvalue weighted by Gasteiger charge is -2.38. The van der Waals surface area contributed by atoms with Crippen molar-refractivity contribution in [1.82, 2.24) is 15.1 Å². The van der Waals surface area contributed by atoms with Crippen molar-refractivity contribution in [3.05, 3.63) is 71.8 Å². The van der Waals surface area contributed by atoms with Gasteiger partial charge in [0.25, 0.3) is 0 Å². The predicted molar refractivity (Wildman–Crippen MR) is 124 cm³/mol. The van der Waals surface area contributed by atoms with Crippen molar-refractivity contribution in [1.29, 1.82) is 0 Å². The number of hydrogen-bond acceptors (Lipinski definition) is 5. The molecular weight excluding hydrogens is 386 g/mol. The summed E-state index contributed by atoms with van der Waals surface area (Å²) in [5, 5.41) is 3.51. The minimum Gasteiger partial charge on any atom is -0.359 e. The summed E-state index contributed by atoms with van der Waals surface area (Å²) in [5.74, 6) is 0.411. The lowest BCUT2D eigenvalue weighted by Crippen LogP contribution is -2.50. The Hall–Kier alpha value is -2.05. The number of carbonyl (C=O) groups excluding carboxylic acids is 1. The molecule has 0 aliphatic carbocycles. The number of carbonyl (C=O) groups is 1. The van der Waals surface area contributed by atoms with E-state index in [4.69, 9.17) is 4.74 Å². The van der Waals surface area contributed by atoms with Crippen LogP contribution in [0.25, 0.3) is 0 Å². The zero-order valence-electron chi connectivity index (χ0n) is 18.5. The van der Waals surface area contributed by atoms with Crippen molar-refractivity contribution in [2.24, 2.45) is 0 Å². The highest BCUT2D eigenvalue weighted by Gasteiger charge is 2.37. The predicted octanol–water partition coefficient (Wildman–Crippen LogP) is 3.45. The van der Waals surface area contributed by atoms with Crippen LogP contribution < -0.4 is 5.32 Å². The van der Waals surface area contributed by atoms with E-state index < -0.39 is 0 Å². The van der Waals surface area contributed by atoms with Crippen LogP contribution >= 0.6 is 0 Å². The van der Waals surface area contributed by atoms with Crippen molar-refractivity contribution in [2.75, 3.05) is 39.3 Å². The van der Waals surface area contributed by atoms with Crippen molar-refractivity contribution in [3.63, 3.8) is 0 Å². The van der Waals surface area contributed by atoms with Gasteiger partial charge in [-0.1, -0.05) is 60.7 Å². The number of Topliss-reactive ketones (excluding diaryl/α,β-unsaturated/α-hetero) is 1. The van der Waals surface area contributed by atoms with Gasteiger partial charge >= 0.3 is 0 Å². The molecule has 0 atom stereocenters. The molecule has 0 saturated carbocycles. The molecule has 5 heteroatoms. The Morgan fingerprint density at radius 2 is 1.29 bits per heavy atom. The third kappa shape index (κ3) is 6.71. The number of piperidine rings is 2. The number of rotatable bonds is 4. The summed E-state index contributed by atoms with van der Waals surface area (Å²) in [5.41, 5.74) is 2.75. The molecule has 1 spiro atoms. The van der Waals surface area contributed by atoms with E-state index in [0.717, 1.165) is 78.1 Å². The Morgan fingerprint density at radius 3 is 1.77 bits per heavy atom. The smallest absolute Gasteiger partial charge is 0.135 e. The second kappa shape index (κ2) is 11.0. The van der Waals surface area contributed by atoms with Crippen LogP contribution in [0.1, 0.15) is 36.8 Å². The average molecular weight is 422 g/mol. The van der Waals surface area contributed by atoms with Crippen molar-refractivity contribution >= 4 is 5.78 Å². The molecule has 3 fully saturated rings. The number of nitrogens with one attached hydrogen (secondary N) is 1. The van der Waals surface area contributed by atoms with Crippen LogP contribution in [0, 0.1) is 0 Å². The van der Waals surface area contributed by atoms with E-state index in [2.05, 4.69) is 69.7 Å². The summed E-state index contributed by atoms with van der Waals surface area (Å²) < 4.78 is 5.84. The van der Waals surface area contributed by atoms with E-state index in [-0.39, 0.29) is 5.72 Å². The Bertz CT molecular complexity index is 786. The number of hydrogen-bond donors (Lipinski definition) is 1. The molecule has 3 heterocycles. The van der Waals surface area contributed by atoms with E-state index in [1.807, 2.05) is 6.07 Å². The topological polar surface area (TPSA) is 44.8 Å². The zero-order chi connectivity index (χ0) is 21.4. The summed E-state index contributed by atoms with van der Waals surface area (Å²) in [4.78, 5) is 15.9. The zero-order valence-corrected chi connectivity index (χ0v) is 18.5. The highest BCUT2D eigenvalue weighted by atomic mass is 16.5. The van der Waals surface area contributed by atoms with Crippen LogP contribution in [0.3, 0.4) is 0 Å². The molecular formula is C26H35N3O2. The van der Waals surface area contributed by atoms with E-state index in [9.17, 15) is 4.79 Å². The Balaban J connectivity index is 0.000000152. The molecule has 5 nitrogen and oxygen atoms in total. The van der Waals surface area contributed by atoms with Crippen molar-refractivity contribution in [3.8, 4) is 0 Å². The second-order valence-electron chi connectivity index (χ2n) is 8.83. The number of ketones is 1. The molecule has 2 aromatic carbocycles. The fourth-order valence-electron chi connectivity index (χ4n) is 4.61. The monoisotopic (exact) mass is 421 g/mol. The Labute approximate surface area is 186 Å². The summed E-state index contributed by atoms with van der Waals surface area (Å²) >= 11 is 0. The van der Waals surface area contributed by atoms with E-state index in [0.29, 0.717) is 5.78 Å². The third-order valence-corrected chi connectivity index (χ3v) is 6.50. The summed E-state index contributed by atoms with van der Waals surface area (Å²) in [7, 11) is 0. The minimum atomic E-state index is 0.00713. The largest absolute Gasteiger partial charge is 0.359 e. The number of ether oxygens (including phenoxy) is 1. The SMILES string of the molecule is O=C1CCN(Cc2ccccc2)CC1.c1ccc(CN2CCC3(CC2)NCCO3)cc1. The molecule has 1 N–H and O–H groups in total. The first-order valence-electron chi connectivity index (χ1n) is 11.6. The normalized spacial score (nSPS) is 21.6. The average Bonchev–Trinajstić information content (AvgIpc) is 3.27. The van der Waals surface area contributed by atoms with Gasteiger partial charge in [-0.2, -0.15) is 0 Å². The maximum Gasteiger partial charge on any atom is 0.135 e. The first-order valence-corrected chi connectivity index (χ1v) is 11.6. The first-order chi connectivity index (χ1) is 15.2. The number of likely N-dealkylation sites (tertiary alicyclic amines) is 2. The van der Waals surface area contributed by atoms with E-state index in [1.165, 1.54) is 11.1 Å². The van der Waals surface area contributed by atoms with Gasteiger partial charge < -0.3 is 4.74 Å². The number of nitrogens with zero attached hydrogens (tertiary/aromatic N) is 2. The molecule has 2 aromatic rings. The molecule has 3 aliphatic heterocycles. The van der Waals surface area contributed by atoms with Crippen LogP contribution in [-0.4, -0.2) is 60.6 Å². The van der Waals surface area contributed by atoms with Crippen LogP contribution in [0.5, 0.6) is 0 Å². The van der Waals surface area contributed by atoms with Gasteiger partial charge in [0.2, 0.25) is 0 Å². The van der Waals surface area contributed by atoms with Gasteiger partial charge in [0.05, 0.1) is 6.61 Å². The van der Waals surface area contributed by atoms with Crippen LogP contribution in [0.2, 0.25) is 0 Å². The molecule has 0 radical (unpaired) electrons. The summed E-state index contributed by atoms with van der Waals surface area (Å²) in [6.07, 6.45) is 3.68. The third-order valence-electron chi connectivity index (χ3n) is 6.50. The molecule has 0 aromatic heterocycles. The minimum absolute atomic E-state index is 0.00713. The molecule has 3 aliphatic rings. The van der Waals surface area contributed by atoms with E-state index >= 15 is 0 Å². The molecule has 0 amide bonds. The lowest BCUT2D eigenvalue weighted by molar-refractivity contribution is -0.121. The standard InChI is InChI=1S/C14H20N2O.C12H15NO/c1-2-4-13(5-3-1)12-16-9-6-14(7-10-16)15-8-11-17-14;14-12-6-8-13(9-7-12)10-11-4-2-1-3-5-11/h1-5,15H,6-12H2;1-5H,6-10H2. The molecule has 5 rings (SSSR count). The maximum absolute atomic E-state index is 11.0. The summed E-state index contributed by atoms with van der Waals surface area (Å²) in [6.45, 7) is 8.04. The van der Waals surface area contributed by atoms with Gasteiger partial charge in [0.15, 0.2) is 0 Å². The second-order valence-corrected chi connectivity index (χ2v) is 8.83. The molecule has 166 valence electrons. The Kier molecular flexibility index (Phi) is 7.86.